The molecule has 0 N–H and O–H groups in total. The van der Waals surface area contributed by atoms with Gasteiger partial charge in [0, 0.05) is 35.7 Å². The van der Waals surface area contributed by atoms with Crippen LogP contribution in [-0.2, 0) is 16.0 Å². The van der Waals surface area contributed by atoms with Crippen LogP contribution in [0.15, 0.2) is 47.7 Å². The molecule has 32 heavy (non-hydrogen) atoms. The molecular formula is C26H29NO5. The third-order valence-corrected chi connectivity index (χ3v) is 6.37. The van der Waals surface area contributed by atoms with Gasteiger partial charge in [-0.25, -0.2) is 0 Å². The van der Waals surface area contributed by atoms with Crippen molar-refractivity contribution < 1.29 is 23.8 Å². The Balaban J connectivity index is 1.85. The minimum Gasteiger partial charge on any atom is -0.493 e. The van der Waals surface area contributed by atoms with Crippen molar-refractivity contribution in [1.29, 1.82) is 0 Å². The lowest BCUT2D eigenvalue weighted by Gasteiger charge is -2.38. The molecule has 2 aliphatic rings. The van der Waals surface area contributed by atoms with Gasteiger partial charge in [-0.3, -0.25) is 14.5 Å². The molecule has 0 saturated heterocycles. The summed E-state index contributed by atoms with van der Waals surface area (Å²) < 4.78 is 16.5. The number of hydrogen-bond donors (Lipinski definition) is 0. The molecule has 1 unspecified atom stereocenters. The zero-order chi connectivity index (χ0) is 22.8. The monoisotopic (exact) mass is 435 g/mol. The summed E-state index contributed by atoms with van der Waals surface area (Å²) in [6, 6.07) is 11.7. The van der Waals surface area contributed by atoms with Gasteiger partial charge in [0.25, 0.3) is 0 Å². The number of aryl methyl sites for hydroxylation is 1. The van der Waals surface area contributed by atoms with Crippen molar-refractivity contribution in [2.24, 2.45) is 0 Å². The minimum absolute atomic E-state index is 0.0125. The molecule has 4 rings (SSSR count). The van der Waals surface area contributed by atoms with Crippen LogP contribution in [0.3, 0.4) is 0 Å². The Morgan fingerprint density at radius 2 is 1.59 bits per heavy atom. The molecule has 6 heteroatoms. The third-order valence-electron chi connectivity index (χ3n) is 6.37. The van der Waals surface area contributed by atoms with Crippen LogP contribution in [0.5, 0.6) is 17.2 Å². The zero-order valence-corrected chi connectivity index (χ0v) is 19.1. The van der Waals surface area contributed by atoms with E-state index in [1.807, 2.05) is 36.4 Å². The molecule has 1 amide bonds. The van der Waals surface area contributed by atoms with Gasteiger partial charge in [-0.2, -0.15) is 0 Å². The first kappa shape index (κ1) is 21.9. The van der Waals surface area contributed by atoms with Crippen LogP contribution < -0.4 is 19.1 Å². The Hall–Kier alpha value is -3.28. The van der Waals surface area contributed by atoms with E-state index in [1.165, 1.54) is 5.56 Å². The van der Waals surface area contributed by atoms with Gasteiger partial charge in [-0.1, -0.05) is 19.1 Å². The van der Waals surface area contributed by atoms with Gasteiger partial charge in [0.05, 0.1) is 21.3 Å². The second kappa shape index (κ2) is 9.07. The Kier molecular flexibility index (Phi) is 6.21. The van der Waals surface area contributed by atoms with Gasteiger partial charge in [-0.15, -0.1) is 0 Å². The number of ether oxygens (including phenoxy) is 3. The Morgan fingerprint density at radius 1 is 0.938 bits per heavy atom. The molecule has 1 aliphatic heterocycles. The number of benzene rings is 2. The number of rotatable bonds is 6. The molecule has 2 aromatic carbocycles. The normalized spacial score (nSPS) is 18.5. The lowest BCUT2D eigenvalue weighted by molar-refractivity contribution is -0.119. The van der Waals surface area contributed by atoms with Crippen molar-refractivity contribution in [3.63, 3.8) is 0 Å². The van der Waals surface area contributed by atoms with Crippen LogP contribution in [0.25, 0.3) is 0 Å². The number of carbonyl (C=O) groups is 2. The Labute approximate surface area is 188 Å². The lowest BCUT2D eigenvalue weighted by atomic mass is 9.77. The summed E-state index contributed by atoms with van der Waals surface area (Å²) in [6.45, 7) is 2.10. The molecule has 0 spiro atoms. The maximum Gasteiger partial charge on any atom is 0.232 e. The highest BCUT2D eigenvalue weighted by molar-refractivity contribution is 6.07. The van der Waals surface area contributed by atoms with Crippen molar-refractivity contribution in [3.05, 3.63) is 58.8 Å². The number of hydrogen-bond acceptors (Lipinski definition) is 5. The highest BCUT2D eigenvalue weighted by Gasteiger charge is 2.40. The van der Waals surface area contributed by atoms with Gasteiger partial charge in [0.1, 0.15) is 0 Å². The van der Waals surface area contributed by atoms with Crippen LogP contribution in [0.4, 0.5) is 5.69 Å². The summed E-state index contributed by atoms with van der Waals surface area (Å²) in [5.41, 5.74) is 4.39. The summed E-state index contributed by atoms with van der Waals surface area (Å²) in [7, 11) is 4.67. The number of nitrogens with zero attached hydrogens (tertiary/aromatic N) is 1. The van der Waals surface area contributed by atoms with Gasteiger partial charge in [-0.05, 0) is 54.7 Å². The lowest BCUT2D eigenvalue weighted by Crippen LogP contribution is -2.40. The van der Waals surface area contributed by atoms with Crippen LogP contribution in [0, 0.1) is 0 Å². The molecule has 0 aromatic heterocycles. The first-order valence-corrected chi connectivity index (χ1v) is 11.0. The van der Waals surface area contributed by atoms with Gasteiger partial charge in [0.2, 0.25) is 11.7 Å². The summed E-state index contributed by atoms with van der Waals surface area (Å²) in [4.78, 5) is 28.3. The summed E-state index contributed by atoms with van der Waals surface area (Å²) in [5, 5.41) is 0. The minimum atomic E-state index is -0.342. The molecule has 168 valence electrons. The van der Waals surface area contributed by atoms with Crippen molar-refractivity contribution in [3.8, 4) is 17.2 Å². The van der Waals surface area contributed by atoms with Crippen molar-refractivity contribution in [2.75, 3.05) is 26.2 Å². The number of anilines is 1. The van der Waals surface area contributed by atoms with Crippen LogP contribution in [-0.4, -0.2) is 33.0 Å². The molecule has 2 aromatic rings. The standard InChI is InChI=1S/C26H29NO5/c1-5-16-9-11-18(12-10-16)27-20-7-6-8-21(28)25(20)19(15-24(27)29)17-13-22(30-2)26(32-4)23(14-17)31-3/h9-14,19H,5-8,15H2,1-4H3. The van der Waals surface area contributed by atoms with E-state index < -0.39 is 0 Å². The molecule has 1 aliphatic carbocycles. The van der Waals surface area contributed by atoms with Gasteiger partial charge < -0.3 is 14.2 Å². The number of methoxy groups -OCH3 is 3. The first-order valence-electron chi connectivity index (χ1n) is 11.0. The second-order valence-electron chi connectivity index (χ2n) is 8.10. The summed E-state index contributed by atoms with van der Waals surface area (Å²) >= 11 is 0. The molecule has 1 heterocycles. The van der Waals surface area contributed by atoms with Gasteiger partial charge >= 0.3 is 0 Å². The van der Waals surface area contributed by atoms with Crippen molar-refractivity contribution in [2.45, 2.75) is 44.9 Å². The smallest absolute Gasteiger partial charge is 0.232 e. The Bertz CT molecular complexity index is 1050. The number of amides is 1. The van der Waals surface area contributed by atoms with Crippen LogP contribution >= 0.6 is 0 Å². The maximum absolute atomic E-state index is 13.4. The van der Waals surface area contributed by atoms with Crippen molar-refractivity contribution in [1.82, 2.24) is 0 Å². The van der Waals surface area contributed by atoms with Crippen LogP contribution in [0.2, 0.25) is 0 Å². The van der Waals surface area contributed by atoms with E-state index in [0.29, 0.717) is 30.1 Å². The van der Waals surface area contributed by atoms with E-state index in [2.05, 4.69) is 6.92 Å². The highest BCUT2D eigenvalue weighted by atomic mass is 16.5. The van der Waals surface area contributed by atoms with E-state index in [1.54, 1.807) is 26.2 Å². The average molecular weight is 436 g/mol. The molecule has 0 saturated carbocycles. The third kappa shape index (κ3) is 3.74. The fourth-order valence-electron chi connectivity index (χ4n) is 4.76. The number of allylic oxidation sites excluding steroid dienone is 2. The second-order valence-corrected chi connectivity index (χ2v) is 8.10. The molecule has 6 nitrogen and oxygen atoms in total. The maximum atomic E-state index is 13.4. The molecule has 0 fully saturated rings. The molecule has 0 radical (unpaired) electrons. The van der Waals surface area contributed by atoms with E-state index in [4.69, 9.17) is 14.2 Å². The van der Waals surface area contributed by atoms with E-state index in [9.17, 15) is 9.59 Å². The van der Waals surface area contributed by atoms with Crippen LogP contribution in [0.1, 0.15) is 49.7 Å². The predicted molar refractivity (Wildman–Crippen MR) is 123 cm³/mol. The van der Waals surface area contributed by atoms with Crippen molar-refractivity contribution >= 4 is 17.4 Å². The topological polar surface area (TPSA) is 65.1 Å². The molecular weight excluding hydrogens is 406 g/mol. The largest absolute Gasteiger partial charge is 0.493 e. The predicted octanol–water partition coefficient (Wildman–Crippen LogP) is 4.80. The molecule has 0 bridgehead atoms. The first-order chi connectivity index (χ1) is 15.5. The fourth-order valence-corrected chi connectivity index (χ4v) is 4.76. The van der Waals surface area contributed by atoms with E-state index in [-0.39, 0.29) is 24.0 Å². The van der Waals surface area contributed by atoms with E-state index in [0.717, 1.165) is 35.4 Å². The number of ketones is 1. The summed E-state index contributed by atoms with van der Waals surface area (Å²) in [5.74, 6) is 1.26. The fraction of sp³-hybridized carbons (Fsp3) is 0.385. The van der Waals surface area contributed by atoms with Gasteiger partial charge in [0.15, 0.2) is 17.3 Å². The zero-order valence-electron chi connectivity index (χ0n) is 19.1. The quantitative estimate of drug-likeness (QED) is 0.652. The SMILES string of the molecule is CCc1ccc(N2C(=O)CC(c3cc(OC)c(OC)c(OC)c3)C3=C2CCCC3=O)cc1. The van der Waals surface area contributed by atoms with E-state index >= 15 is 0 Å². The number of carbonyl (C=O) groups excluding carboxylic acids is 2. The molecule has 1 atom stereocenters. The number of Topliss-reactive ketones (excluding diaryl/α,β-unsaturated/α-hetero) is 1. The summed E-state index contributed by atoms with van der Waals surface area (Å²) in [6.07, 6.45) is 3.08. The average Bonchev–Trinajstić information content (AvgIpc) is 2.82. The Morgan fingerprint density at radius 3 is 2.16 bits per heavy atom. The highest BCUT2D eigenvalue weighted by Crippen LogP contribution is 2.47.